The number of nitro groups is 1. The van der Waals surface area contributed by atoms with E-state index in [4.69, 9.17) is 11.6 Å². The zero-order valence-corrected chi connectivity index (χ0v) is 12.3. The SMILES string of the molecule is O=[N+]([O-])c1cc(Cl)ccc1CCc1ccccc1Br. The van der Waals surface area contributed by atoms with E-state index in [-0.39, 0.29) is 10.6 Å². The average Bonchev–Trinajstić information content (AvgIpc) is 2.38. The molecule has 0 aliphatic carbocycles. The second-order valence-electron chi connectivity index (χ2n) is 4.12. The van der Waals surface area contributed by atoms with Gasteiger partial charge in [0.1, 0.15) is 0 Å². The molecule has 3 nitrogen and oxygen atoms in total. The highest BCUT2D eigenvalue weighted by Crippen LogP contribution is 2.25. The molecule has 0 atom stereocenters. The Morgan fingerprint density at radius 3 is 2.47 bits per heavy atom. The molecule has 0 unspecified atom stereocenters. The van der Waals surface area contributed by atoms with E-state index in [1.165, 1.54) is 6.07 Å². The fourth-order valence-corrected chi connectivity index (χ4v) is 2.54. The molecule has 0 aliphatic heterocycles. The zero-order chi connectivity index (χ0) is 13.8. The lowest BCUT2D eigenvalue weighted by atomic mass is 10.0. The first kappa shape index (κ1) is 14.0. The van der Waals surface area contributed by atoms with E-state index in [1.54, 1.807) is 12.1 Å². The summed E-state index contributed by atoms with van der Waals surface area (Å²) in [6.07, 6.45) is 1.35. The van der Waals surface area contributed by atoms with Crippen LogP contribution in [0.1, 0.15) is 11.1 Å². The largest absolute Gasteiger partial charge is 0.274 e. The molecule has 0 amide bonds. The van der Waals surface area contributed by atoms with Gasteiger partial charge in [0, 0.05) is 21.1 Å². The summed E-state index contributed by atoms with van der Waals surface area (Å²) in [7, 11) is 0. The number of hydrogen-bond donors (Lipinski definition) is 0. The lowest BCUT2D eigenvalue weighted by Gasteiger charge is -2.05. The van der Waals surface area contributed by atoms with Gasteiger partial charge in [0.05, 0.1) is 4.92 Å². The average molecular weight is 341 g/mol. The first-order valence-electron chi connectivity index (χ1n) is 5.74. The minimum absolute atomic E-state index is 0.0829. The van der Waals surface area contributed by atoms with Crippen LogP contribution in [0, 0.1) is 10.1 Å². The molecule has 0 spiro atoms. The van der Waals surface area contributed by atoms with Crippen LogP contribution >= 0.6 is 27.5 Å². The van der Waals surface area contributed by atoms with E-state index in [9.17, 15) is 10.1 Å². The maximum absolute atomic E-state index is 11.0. The fourth-order valence-electron chi connectivity index (χ4n) is 1.89. The number of nitrogens with zero attached hydrogens (tertiary/aromatic N) is 1. The molecule has 0 saturated carbocycles. The summed E-state index contributed by atoms with van der Waals surface area (Å²) in [5, 5.41) is 11.4. The van der Waals surface area contributed by atoms with E-state index >= 15 is 0 Å². The Hall–Kier alpha value is -1.39. The van der Waals surface area contributed by atoms with Crippen molar-refractivity contribution in [1.29, 1.82) is 0 Å². The monoisotopic (exact) mass is 339 g/mol. The first-order chi connectivity index (χ1) is 9.08. The summed E-state index contributed by atoms with van der Waals surface area (Å²) in [5.41, 5.74) is 1.91. The summed E-state index contributed by atoms with van der Waals surface area (Å²) in [5.74, 6) is 0. The molecule has 0 saturated heterocycles. The summed E-state index contributed by atoms with van der Waals surface area (Å²) < 4.78 is 1.02. The van der Waals surface area contributed by atoms with Crippen molar-refractivity contribution in [3.05, 3.63) is 73.2 Å². The van der Waals surface area contributed by atoms with Crippen molar-refractivity contribution in [2.45, 2.75) is 12.8 Å². The maximum Gasteiger partial charge on any atom is 0.274 e. The third-order valence-electron chi connectivity index (χ3n) is 2.87. The summed E-state index contributed by atoms with van der Waals surface area (Å²) in [4.78, 5) is 10.6. The Balaban J connectivity index is 2.20. The normalized spacial score (nSPS) is 10.4. The minimum atomic E-state index is -0.388. The van der Waals surface area contributed by atoms with Crippen molar-refractivity contribution in [2.75, 3.05) is 0 Å². The highest BCUT2D eigenvalue weighted by atomic mass is 79.9. The van der Waals surface area contributed by atoms with Gasteiger partial charge in [0.25, 0.3) is 5.69 Å². The number of nitro benzene ring substituents is 1. The summed E-state index contributed by atoms with van der Waals surface area (Å²) in [6, 6.07) is 12.7. The molecule has 0 radical (unpaired) electrons. The van der Waals surface area contributed by atoms with Crippen molar-refractivity contribution >= 4 is 33.2 Å². The van der Waals surface area contributed by atoms with Crippen LogP contribution in [0.4, 0.5) is 5.69 Å². The maximum atomic E-state index is 11.0. The molecule has 2 aromatic rings. The van der Waals surface area contributed by atoms with Crippen LogP contribution in [-0.4, -0.2) is 4.92 Å². The van der Waals surface area contributed by atoms with Crippen LogP contribution in [0.3, 0.4) is 0 Å². The van der Waals surface area contributed by atoms with Gasteiger partial charge in [-0.3, -0.25) is 10.1 Å². The van der Waals surface area contributed by atoms with Gasteiger partial charge in [-0.1, -0.05) is 51.8 Å². The fraction of sp³-hybridized carbons (Fsp3) is 0.143. The highest BCUT2D eigenvalue weighted by Gasteiger charge is 2.14. The van der Waals surface area contributed by atoms with Gasteiger partial charge in [-0.05, 0) is 30.5 Å². The molecular formula is C14H11BrClNO2. The molecule has 0 bridgehead atoms. The van der Waals surface area contributed by atoms with Gasteiger partial charge in [-0.2, -0.15) is 0 Å². The number of halogens is 2. The molecule has 0 fully saturated rings. The van der Waals surface area contributed by atoms with Crippen LogP contribution < -0.4 is 0 Å². The molecular weight excluding hydrogens is 330 g/mol. The molecule has 0 N–H and O–H groups in total. The van der Waals surface area contributed by atoms with Crippen LogP contribution in [0.25, 0.3) is 0 Å². The smallest absolute Gasteiger partial charge is 0.258 e. The molecule has 0 aromatic heterocycles. The van der Waals surface area contributed by atoms with Crippen molar-refractivity contribution in [3.8, 4) is 0 Å². The molecule has 98 valence electrons. The standard InChI is InChI=1S/C14H11BrClNO2/c15-13-4-2-1-3-10(13)5-6-11-7-8-12(16)9-14(11)17(18)19/h1-4,7-9H,5-6H2. The summed E-state index contributed by atoms with van der Waals surface area (Å²) >= 11 is 9.27. The molecule has 5 heteroatoms. The molecule has 0 aliphatic rings. The third kappa shape index (κ3) is 3.55. The van der Waals surface area contributed by atoms with E-state index in [0.29, 0.717) is 17.0 Å². The van der Waals surface area contributed by atoms with Crippen molar-refractivity contribution in [2.24, 2.45) is 0 Å². The topological polar surface area (TPSA) is 43.1 Å². The Morgan fingerprint density at radius 1 is 1.11 bits per heavy atom. The quantitative estimate of drug-likeness (QED) is 0.593. The van der Waals surface area contributed by atoms with Gasteiger partial charge in [0.2, 0.25) is 0 Å². The summed E-state index contributed by atoms with van der Waals surface area (Å²) in [6.45, 7) is 0. The molecule has 19 heavy (non-hydrogen) atoms. The lowest BCUT2D eigenvalue weighted by molar-refractivity contribution is -0.385. The van der Waals surface area contributed by atoms with Gasteiger partial charge in [-0.15, -0.1) is 0 Å². The second-order valence-corrected chi connectivity index (χ2v) is 5.41. The van der Waals surface area contributed by atoms with Gasteiger partial charge in [0.15, 0.2) is 0 Å². The minimum Gasteiger partial charge on any atom is -0.258 e. The van der Waals surface area contributed by atoms with Crippen molar-refractivity contribution < 1.29 is 4.92 Å². The molecule has 0 heterocycles. The Morgan fingerprint density at radius 2 is 1.79 bits per heavy atom. The number of aryl methyl sites for hydroxylation is 2. The number of rotatable bonds is 4. The zero-order valence-electron chi connectivity index (χ0n) is 9.98. The van der Waals surface area contributed by atoms with Gasteiger partial charge >= 0.3 is 0 Å². The van der Waals surface area contributed by atoms with Crippen LogP contribution in [-0.2, 0) is 12.8 Å². The number of benzene rings is 2. The van der Waals surface area contributed by atoms with Gasteiger partial charge in [-0.25, -0.2) is 0 Å². The first-order valence-corrected chi connectivity index (χ1v) is 6.91. The third-order valence-corrected chi connectivity index (χ3v) is 3.87. The van der Waals surface area contributed by atoms with Crippen molar-refractivity contribution in [1.82, 2.24) is 0 Å². The van der Waals surface area contributed by atoms with E-state index < -0.39 is 0 Å². The van der Waals surface area contributed by atoms with Gasteiger partial charge < -0.3 is 0 Å². The van der Waals surface area contributed by atoms with Crippen LogP contribution in [0.15, 0.2) is 46.9 Å². The Kier molecular flexibility index (Phi) is 4.56. The lowest BCUT2D eigenvalue weighted by Crippen LogP contribution is -1.98. The van der Waals surface area contributed by atoms with E-state index in [1.807, 2.05) is 24.3 Å². The highest BCUT2D eigenvalue weighted by molar-refractivity contribution is 9.10. The Labute approximate surface area is 124 Å². The second kappa shape index (κ2) is 6.17. The Bertz CT molecular complexity index is 616. The van der Waals surface area contributed by atoms with Crippen LogP contribution in [0.5, 0.6) is 0 Å². The van der Waals surface area contributed by atoms with E-state index in [0.717, 1.165) is 16.5 Å². The molecule has 2 rings (SSSR count). The van der Waals surface area contributed by atoms with Crippen LogP contribution in [0.2, 0.25) is 5.02 Å². The predicted octanol–water partition coefficient (Wildman–Crippen LogP) is 4.80. The predicted molar refractivity (Wildman–Crippen MR) is 79.7 cm³/mol. The van der Waals surface area contributed by atoms with E-state index in [2.05, 4.69) is 15.9 Å². The molecule has 2 aromatic carbocycles. The van der Waals surface area contributed by atoms with Crippen molar-refractivity contribution in [3.63, 3.8) is 0 Å². The number of hydrogen-bond acceptors (Lipinski definition) is 2.